The van der Waals surface area contributed by atoms with Crippen molar-refractivity contribution in [1.29, 1.82) is 0 Å². The molecule has 2 amide bonds. The fourth-order valence-electron chi connectivity index (χ4n) is 3.34. The fraction of sp³-hybridized carbons (Fsp3) is 0.0345. The van der Waals surface area contributed by atoms with Gasteiger partial charge in [0.25, 0.3) is 11.8 Å². The van der Waals surface area contributed by atoms with Crippen LogP contribution in [-0.4, -0.2) is 11.8 Å². The van der Waals surface area contributed by atoms with Gasteiger partial charge < -0.3 is 10.6 Å². The highest BCUT2D eigenvalue weighted by molar-refractivity contribution is 7.98. The molecule has 0 atom stereocenters. The van der Waals surface area contributed by atoms with E-state index in [0.29, 0.717) is 26.9 Å². The predicted molar refractivity (Wildman–Crippen MR) is 149 cm³/mol. The maximum absolute atomic E-state index is 13.3. The summed E-state index contributed by atoms with van der Waals surface area (Å²) in [7, 11) is 0. The third-order valence-corrected chi connectivity index (χ3v) is 6.88. The average molecular weight is 533 g/mol. The third kappa shape index (κ3) is 7.01. The summed E-state index contributed by atoms with van der Waals surface area (Å²) in [6.45, 7) is 0. The summed E-state index contributed by atoms with van der Waals surface area (Å²) in [5.74, 6) is -0.116. The molecular formula is C29H22Cl2N2O2S. The van der Waals surface area contributed by atoms with Gasteiger partial charge >= 0.3 is 0 Å². The summed E-state index contributed by atoms with van der Waals surface area (Å²) in [5, 5.41) is 6.30. The number of hydrogen-bond donors (Lipinski definition) is 2. The minimum atomic E-state index is -0.500. The minimum absolute atomic E-state index is 0.0150. The van der Waals surface area contributed by atoms with Crippen LogP contribution in [0.4, 0.5) is 5.69 Å². The highest BCUT2D eigenvalue weighted by atomic mass is 35.5. The summed E-state index contributed by atoms with van der Waals surface area (Å²) in [6, 6.07) is 31.4. The smallest absolute Gasteiger partial charge is 0.272 e. The Kier molecular flexibility index (Phi) is 8.85. The van der Waals surface area contributed by atoms with Gasteiger partial charge in [0.05, 0.1) is 0 Å². The van der Waals surface area contributed by atoms with E-state index in [4.69, 9.17) is 23.2 Å². The van der Waals surface area contributed by atoms with E-state index in [1.54, 1.807) is 60.3 Å². The van der Waals surface area contributed by atoms with Gasteiger partial charge in [-0.25, -0.2) is 0 Å². The lowest BCUT2D eigenvalue weighted by Crippen LogP contribution is -2.30. The van der Waals surface area contributed by atoms with Gasteiger partial charge in [-0.3, -0.25) is 9.59 Å². The van der Waals surface area contributed by atoms with E-state index in [9.17, 15) is 9.59 Å². The van der Waals surface area contributed by atoms with Crippen molar-refractivity contribution in [2.24, 2.45) is 0 Å². The van der Waals surface area contributed by atoms with Crippen molar-refractivity contribution in [2.45, 2.75) is 10.6 Å². The average Bonchev–Trinajstić information content (AvgIpc) is 2.90. The number of carbonyl (C=O) groups is 2. The standard InChI is InChI=1S/C29H22Cl2N2O2S/c30-25-15-8-16-26(31)24(25)18-27(33-28(34)21-11-5-2-6-12-21)29(35)32-22-13-7-14-23(17-22)36-19-20-9-3-1-4-10-20/h1-18H,19H2,(H,32,35)(H,33,34)/b27-18+. The Morgan fingerprint density at radius 3 is 2.11 bits per heavy atom. The first-order chi connectivity index (χ1) is 17.5. The van der Waals surface area contributed by atoms with E-state index in [2.05, 4.69) is 22.8 Å². The summed E-state index contributed by atoms with van der Waals surface area (Å²) >= 11 is 14.3. The molecule has 0 aliphatic heterocycles. The zero-order valence-electron chi connectivity index (χ0n) is 19.1. The third-order valence-electron chi connectivity index (χ3n) is 5.16. The molecule has 0 fully saturated rings. The van der Waals surface area contributed by atoms with Crippen molar-refractivity contribution in [3.05, 3.63) is 136 Å². The van der Waals surface area contributed by atoms with E-state index >= 15 is 0 Å². The Bertz CT molecular complexity index is 1370. The van der Waals surface area contributed by atoms with Crippen LogP contribution in [0.2, 0.25) is 10.0 Å². The molecule has 0 bridgehead atoms. The lowest BCUT2D eigenvalue weighted by Gasteiger charge is -2.13. The van der Waals surface area contributed by atoms with Crippen molar-refractivity contribution in [3.8, 4) is 0 Å². The van der Waals surface area contributed by atoms with Crippen LogP contribution in [0.3, 0.4) is 0 Å². The Hall–Kier alpha value is -3.51. The summed E-state index contributed by atoms with van der Waals surface area (Å²) in [6.07, 6.45) is 1.48. The van der Waals surface area contributed by atoms with Crippen LogP contribution in [0.25, 0.3) is 6.08 Å². The zero-order valence-corrected chi connectivity index (χ0v) is 21.4. The monoisotopic (exact) mass is 532 g/mol. The van der Waals surface area contributed by atoms with Gasteiger partial charge in [-0.05, 0) is 54.1 Å². The second-order valence-corrected chi connectivity index (χ2v) is 9.63. The number of thioether (sulfide) groups is 1. The molecule has 0 unspecified atom stereocenters. The van der Waals surface area contributed by atoms with Gasteiger partial charge in [0.15, 0.2) is 0 Å². The molecule has 4 nitrogen and oxygen atoms in total. The second-order valence-electron chi connectivity index (χ2n) is 7.77. The van der Waals surface area contributed by atoms with Crippen LogP contribution in [0.1, 0.15) is 21.5 Å². The van der Waals surface area contributed by atoms with E-state index < -0.39 is 11.8 Å². The van der Waals surface area contributed by atoms with Gasteiger partial charge in [0, 0.05) is 37.5 Å². The highest BCUT2D eigenvalue weighted by Crippen LogP contribution is 2.28. The van der Waals surface area contributed by atoms with Crippen molar-refractivity contribution in [2.75, 3.05) is 5.32 Å². The number of amides is 2. The van der Waals surface area contributed by atoms with Gasteiger partial charge in [0.1, 0.15) is 5.70 Å². The number of halogens is 2. The van der Waals surface area contributed by atoms with E-state index in [0.717, 1.165) is 10.6 Å². The maximum atomic E-state index is 13.3. The lowest BCUT2D eigenvalue weighted by molar-refractivity contribution is -0.113. The Labute approximate surface area is 224 Å². The second kappa shape index (κ2) is 12.5. The molecule has 0 aromatic heterocycles. The molecule has 0 saturated heterocycles. The van der Waals surface area contributed by atoms with Gasteiger partial charge in [-0.1, -0.05) is 83.9 Å². The van der Waals surface area contributed by atoms with Crippen LogP contribution in [0.5, 0.6) is 0 Å². The maximum Gasteiger partial charge on any atom is 0.272 e. The molecule has 36 heavy (non-hydrogen) atoms. The number of nitrogens with one attached hydrogen (secondary N) is 2. The van der Waals surface area contributed by atoms with Crippen molar-refractivity contribution < 1.29 is 9.59 Å². The van der Waals surface area contributed by atoms with Crippen LogP contribution in [-0.2, 0) is 10.5 Å². The molecule has 0 heterocycles. The Balaban J connectivity index is 1.56. The van der Waals surface area contributed by atoms with E-state index in [1.807, 2.05) is 42.5 Å². The molecule has 0 aliphatic carbocycles. The first kappa shape index (κ1) is 25.6. The quantitative estimate of drug-likeness (QED) is 0.180. The van der Waals surface area contributed by atoms with Crippen LogP contribution in [0.15, 0.2) is 114 Å². The summed E-state index contributed by atoms with van der Waals surface area (Å²) in [4.78, 5) is 27.2. The molecule has 4 rings (SSSR count). The highest BCUT2D eigenvalue weighted by Gasteiger charge is 2.17. The van der Waals surface area contributed by atoms with Gasteiger partial charge in [-0.15, -0.1) is 11.8 Å². The first-order valence-corrected chi connectivity index (χ1v) is 12.8. The number of benzene rings is 4. The van der Waals surface area contributed by atoms with Gasteiger partial charge in [-0.2, -0.15) is 0 Å². The van der Waals surface area contributed by atoms with E-state index in [-0.39, 0.29) is 5.70 Å². The number of carbonyl (C=O) groups excluding carboxylic acids is 2. The summed E-state index contributed by atoms with van der Waals surface area (Å²) in [5.41, 5.74) is 2.68. The fourth-order valence-corrected chi connectivity index (χ4v) is 4.76. The molecule has 4 aromatic carbocycles. The van der Waals surface area contributed by atoms with E-state index in [1.165, 1.54) is 11.6 Å². The number of rotatable bonds is 8. The normalized spacial score (nSPS) is 11.1. The first-order valence-electron chi connectivity index (χ1n) is 11.1. The Morgan fingerprint density at radius 2 is 1.42 bits per heavy atom. The minimum Gasteiger partial charge on any atom is -0.321 e. The number of hydrogen-bond acceptors (Lipinski definition) is 3. The number of anilines is 1. The molecule has 180 valence electrons. The van der Waals surface area contributed by atoms with Crippen LogP contribution >= 0.6 is 35.0 Å². The van der Waals surface area contributed by atoms with Crippen molar-refractivity contribution in [1.82, 2.24) is 5.32 Å². The predicted octanol–water partition coefficient (Wildman–Crippen LogP) is 7.70. The zero-order chi connectivity index (χ0) is 25.3. The van der Waals surface area contributed by atoms with Crippen molar-refractivity contribution in [3.63, 3.8) is 0 Å². The molecule has 0 spiro atoms. The van der Waals surface area contributed by atoms with Gasteiger partial charge in [0.2, 0.25) is 0 Å². The molecule has 4 aromatic rings. The van der Waals surface area contributed by atoms with Crippen LogP contribution in [0, 0.1) is 0 Å². The topological polar surface area (TPSA) is 58.2 Å². The molecule has 2 N–H and O–H groups in total. The molecule has 0 aliphatic rings. The van der Waals surface area contributed by atoms with Crippen molar-refractivity contribution >= 4 is 58.5 Å². The lowest BCUT2D eigenvalue weighted by atomic mass is 10.1. The molecule has 7 heteroatoms. The SMILES string of the molecule is O=C(Nc1cccc(SCc2ccccc2)c1)/C(=C\c1c(Cl)cccc1Cl)NC(=O)c1ccccc1. The largest absolute Gasteiger partial charge is 0.321 e. The molecule has 0 saturated carbocycles. The summed E-state index contributed by atoms with van der Waals surface area (Å²) < 4.78 is 0. The van der Waals surface area contributed by atoms with Crippen LogP contribution < -0.4 is 10.6 Å². The molecule has 0 radical (unpaired) electrons. The Morgan fingerprint density at radius 1 is 0.778 bits per heavy atom. The molecular weight excluding hydrogens is 511 g/mol.